The number of carbonyl (C=O) groups is 1. The lowest BCUT2D eigenvalue weighted by Gasteiger charge is -2.10. The smallest absolute Gasteiger partial charge is 0.264 e. The van der Waals surface area contributed by atoms with Crippen LogP contribution in [0.15, 0.2) is 23.1 Å². The minimum Gasteiger partial charge on any atom is -0.345 e. The van der Waals surface area contributed by atoms with Gasteiger partial charge in [-0.1, -0.05) is 0 Å². The van der Waals surface area contributed by atoms with Gasteiger partial charge in [0.1, 0.15) is 10.7 Å². The maximum Gasteiger partial charge on any atom is 0.264 e. The maximum atomic E-state index is 13.1. The zero-order valence-corrected chi connectivity index (χ0v) is 10.1. The first kappa shape index (κ1) is 12.9. The van der Waals surface area contributed by atoms with Gasteiger partial charge >= 0.3 is 0 Å². The van der Waals surface area contributed by atoms with Crippen molar-refractivity contribution in [3.8, 4) is 0 Å². The highest BCUT2D eigenvalue weighted by atomic mass is 35.7. The number of rotatable bonds is 2. The molecule has 88 valence electrons. The molecule has 0 radical (unpaired) electrons. The highest BCUT2D eigenvalue weighted by Crippen LogP contribution is 2.20. The molecular formula is C9H9ClFNO3S. The number of halogens is 2. The van der Waals surface area contributed by atoms with Gasteiger partial charge in [-0.3, -0.25) is 4.79 Å². The quantitative estimate of drug-likeness (QED) is 0.761. The van der Waals surface area contributed by atoms with Crippen LogP contribution in [0.2, 0.25) is 0 Å². The molecule has 0 fully saturated rings. The van der Waals surface area contributed by atoms with Crippen LogP contribution in [-0.4, -0.2) is 33.3 Å². The van der Waals surface area contributed by atoms with Gasteiger partial charge in [-0.25, -0.2) is 12.8 Å². The van der Waals surface area contributed by atoms with Crippen LogP contribution >= 0.6 is 10.7 Å². The average Bonchev–Trinajstić information content (AvgIpc) is 2.15. The molecule has 0 spiro atoms. The molecule has 0 aliphatic carbocycles. The van der Waals surface area contributed by atoms with Gasteiger partial charge in [0.15, 0.2) is 0 Å². The Hall–Kier alpha value is -1.14. The van der Waals surface area contributed by atoms with Crippen LogP contribution in [0.25, 0.3) is 0 Å². The summed E-state index contributed by atoms with van der Waals surface area (Å²) in [6, 6.07) is 3.01. The van der Waals surface area contributed by atoms with Crippen LogP contribution in [-0.2, 0) is 9.05 Å². The summed E-state index contributed by atoms with van der Waals surface area (Å²) < 4.78 is 35.1. The Morgan fingerprint density at radius 1 is 1.38 bits per heavy atom. The van der Waals surface area contributed by atoms with Crippen LogP contribution in [0.5, 0.6) is 0 Å². The highest BCUT2D eigenvalue weighted by molar-refractivity contribution is 8.13. The fraction of sp³-hybridized carbons (Fsp3) is 0.222. The molecule has 4 nitrogen and oxygen atoms in total. The molecule has 7 heteroatoms. The van der Waals surface area contributed by atoms with E-state index in [1.54, 1.807) is 0 Å². The molecule has 1 amide bonds. The van der Waals surface area contributed by atoms with E-state index in [2.05, 4.69) is 0 Å². The van der Waals surface area contributed by atoms with E-state index in [1.165, 1.54) is 25.1 Å². The summed E-state index contributed by atoms with van der Waals surface area (Å²) in [6.07, 6.45) is 0. The first-order valence-electron chi connectivity index (χ1n) is 4.19. The van der Waals surface area contributed by atoms with Crippen LogP contribution in [0, 0.1) is 5.82 Å². The van der Waals surface area contributed by atoms with Gasteiger partial charge in [-0.15, -0.1) is 0 Å². The van der Waals surface area contributed by atoms with Crippen molar-refractivity contribution in [3.05, 3.63) is 29.6 Å². The molecular weight excluding hydrogens is 257 g/mol. The van der Waals surface area contributed by atoms with Crippen molar-refractivity contribution in [3.63, 3.8) is 0 Å². The molecule has 0 aliphatic rings. The third-order valence-corrected chi connectivity index (χ3v) is 3.18. The van der Waals surface area contributed by atoms with Crippen molar-refractivity contribution in [2.24, 2.45) is 0 Å². The summed E-state index contributed by atoms with van der Waals surface area (Å²) in [7, 11) is 3.84. The van der Waals surface area contributed by atoms with Gasteiger partial charge in [-0.05, 0) is 18.2 Å². The molecule has 1 rings (SSSR count). The Kier molecular flexibility index (Phi) is 3.54. The molecule has 1 aromatic rings. The summed E-state index contributed by atoms with van der Waals surface area (Å²) in [6.45, 7) is 0. The molecule has 0 saturated carbocycles. The monoisotopic (exact) mass is 265 g/mol. The number of nitrogens with zero attached hydrogens (tertiary/aromatic N) is 1. The van der Waals surface area contributed by atoms with Gasteiger partial charge < -0.3 is 4.90 Å². The Labute approximate surface area is 97.0 Å². The second-order valence-corrected chi connectivity index (χ2v) is 5.82. The minimum absolute atomic E-state index is 0.0608. The van der Waals surface area contributed by atoms with Gasteiger partial charge in [0.05, 0.1) is 0 Å². The third kappa shape index (κ3) is 2.70. The molecule has 0 bridgehead atoms. The average molecular weight is 266 g/mol. The lowest BCUT2D eigenvalue weighted by Crippen LogP contribution is -2.21. The van der Waals surface area contributed by atoms with Crippen molar-refractivity contribution >= 4 is 25.6 Å². The van der Waals surface area contributed by atoms with Crippen molar-refractivity contribution < 1.29 is 17.6 Å². The van der Waals surface area contributed by atoms with Crippen LogP contribution in [0.3, 0.4) is 0 Å². The second kappa shape index (κ2) is 4.39. The van der Waals surface area contributed by atoms with Gasteiger partial charge in [0.25, 0.3) is 15.0 Å². The second-order valence-electron chi connectivity index (χ2n) is 3.28. The zero-order valence-electron chi connectivity index (χ0n) is 8.57. The van der Waals surface area contributed by atoms with Crippen LogP contribution in [0.4, 0.5) is 4.39 Å². The van der Waals surface area contributed by atoms with Crippen molar-refractivity contribution in [1.29, 1.82) is 0 Å². The Morgan fingerprint density at radius 2 is 1.94 bits per heavy atom. The van der Waals surface area contributed by atoms with E-state index in [9.17, 15) is 17.6 Å². The zero-order chi connectivity index (χ0) is 12.5. The lowest BCUT2D eigenvalue weighted by molar-refractivity contribution is 0.0827. The molecule has 0 unspecified atom stereocenters. The number of hydrogen-bond acceptors (Lipinski definition) is 3. The number of amides is 1. The Balaban J connectivity index is 3.34. The summed E-state index contributed by atoms with van der Waals surface area (Å²) in [5, 5.41) is 0. The van der Waals surface area contributed by atoms with E-state index >= 15 is 0 Å². The lowest BCUT2D eigenvalue weighted by atomic mass is 10.2. The first-order valence-corrected chi connectivity index (χ1v) is 6.50. The molecule has 0 N–H and O–H groups in total. The third-order valence-electron chi connectivity index (χ3n) is 1.85. The molecule has 0 saturated heterocycles. The maximum absolute atomic E-state index is 13.1. The minimum atomic E-state index is -4.19. The number of benzene rings is 1. The normalized spacial score (nSPS) is 11.2. The predicted octanol–water partition coefficient (Wildman–Crippen LogP) is 1.46. The van der Waals surface area contributed by atoms with Crippen molar-refractivity contribution in [2.75, 3.05) is 14.1 Å². The molecule has 0 atom stereocenters. The van der Waals surface area contributed by atoms with E-state index in [0.29, 0.717) is 0 Å². The highest BCUT2D eigenvalue weighted by Gasteiger charge is 2.19. The van der Waals surface area contributed by atoms with Gasteiger partial charge in [-0.2, -0.15) is 0 Å². The van der Waals surface area contributed by atoms with E-state index in [-0.39, 0.29) is 5.56 Å². The summed E-state index contributed by atoms with van der Waals surface area (Å²) >= 11 is 0. The molecule has 1 aromatic carbocycles. The largest absolute Gasteiger partial charge is 0.345 e. The van der Waals surface area contributed by atoms with E-state index in [1.807, 2.05) is 0 Å². The molecule has 0 aromatic heterocycles. The fourth-order valence-electron chi connectivity index (χ4n) is 1.08. The van der Waals surface area contributed by atoms with Gasteiger partial charge in [0.2, 0.25) is 0 Å². The van der Waals surface area contributed by atoms with E-state index in [0.717, 1.165) is 12.1 Å². The number of carbonyl (C=O) groups excluding carboxylic acids is 1. The van der Waals surface area contributed by atoms with Gasteiger partial charge in [0, 0.05) is 30.3 Å². The first-order chi connectivity index (χ1) is 7.23. The Bertz CT molecular complexity index is 528. The van der Waals surface area contributed by atoms with E-state index in [4.69, 9.17) is 10.7 Å². The van der Waals surface area contributed by atoms with E-state index < -0.39 is 25.7 Å². The summed E-state index contributed by atoms with van der Waals surface area (Å²) in [4.78, 5) is 12.1. The van der Waals surface area contributed by atoms with Crippen molar-refractivity contribution in [2.45, 2.75) is 4.90 Å². The molecule has 16 heavy (non-hydrogen) atoms. The fourth-order valence-corrected chi connectivity index (χ4v) is 2.00. The predicted molar refractivity (Wildman–Crippen MR) is 57.5 cm³/mol. The van der Waals surface area contributed by atoms with Crippen LogP contribution in [0.1, 0.15) is 10.4 Å². The topological polar surface area (TPSA) is 54.5 Å². The Morgan fingerprint density at radius 3 is 2.38 bits per heavy atom. The number of hydrogen-bond donors (Lipinski definition) is 0. The van der Waals surface area contributed by atoms with Crippen molar-refractivity contribution in [1.82, 2.24) is 4.90 Å². The molecule has 0 aliphatic heterocycles. The van der Waals surface area contributed by atoms with Crippen LogP contribution < -0.4 is 0 Å². The molecule has 0 heterocycles. The standard InChI is InChI=1S/C9H9ClFNO3S/c1-12(2)9(13)6-3-4-7(11)8(5-6)16(10,14)15/h3-5H,1-2H3. The SMILES string of the molecule is CN(C)C(=O)c1ccc(F)c(S(=O)(=O)Cl)c1. The summed E-state index contributed by atoms with van der Waals surface area (Å²) in [5.41, 5.74) is 0.0608. The summed E-state index contributed by atoms with van der Waals surface area (Å²) in [5.74, 6) is -1.41.